The van der Waals surface area contributed by atoms with Gasteiger partial charge in [0.2, 0.25) is 0 Å². The molecule has 2 aromatic heterocycles. The van der Waals surface area contributed by atoms with Gasteiger partial charge in [-0.2, -0.15) is 0 Å². The first-order valence-electron chi connectivity index (χ1n) is 22.7. The molecule has 0 spiro atoms. The van der Waals surface area contributed by atoms with Crippen molar-refractivity contribution in [3.05, 3.63) is 258 Å². The quantitative estimate of drug-likeness (QED) is 0.160. The first-order valence-corrected chi connectivity index (χ1v) is 22.7. The van der Waals surface area contributed by atoms with Gasteiger partial charge in [0.15, 0.2) is 0 Å². The molecular formula is C62H44N2O. The Balaban J connectivity index is 1.08. The van der Waals surface area contributed by atoms with Crippen LogP contribution in [0, 0.1) is 5.92 Å². The fourth-order valence-electron chi connectivity index (χ4n) is 11.1. The van der Waals surface area contributed by atoms with Gasteiger partial charge in [0.1, 0.15) is 11.3 Å². The number of furan rings is 1. The van der Waals surface area contributed by atoms with E-state index >= 15 is 0 Å². The lowest BCUT2D eigenvalue weighted by atomic mass is 9.67. The molecule has 0 aliphatic heterocycles. The second-order valence-electron chi connectivity index (χ2n) is 17.7. The van der Waals surface area contributed by atoms with Crippen molar-refractivity contribution < 1.29 is 4.42 Å². The van der Waals surface area contributed by atoms with Crippen LogP contribution in [0.25, 0.3) is 66.8 Å². The van der Waals surface area contributed by atoms with Crippen LogP contribution in [0.1, 0.15) is 40.5 Å². The second kappa shape index (κ2) is 14.7. The number of nitrogens with zero attached hydrogens (tertiary/aromatic N) is 2. The number of hydrogen-bond acceptors (Lipinski definition) is 2. The summed E-state index contributed by atoms with van der Waals surface area (Å²) < 4.78 is 9.36. The predicted molar refractivity (Wildman–Crippen MR) is 270 cm³/mol. The van der Waals surface area contributed by atoms with Gasteiger partial charge in [-0.15, -0.1) is 0 Å². The maximum Gasteiger partial charge on any atom is 0.144 e. The molecule has 0 fully saturated rings. The Morgan fingerprint density at radius 2 is 1.09 bits per heavy atom. The zero-order valence-electron chi connectivity index (χ0n) is 36.0. The van der Waals surface area contributed by atoms with Gasteiger partial charge in [0.25, 0.3) is 0 Å². The normalized spacial score (nSPS) is 14.7. The number of rotatable bonds is 7. The number of benzene rings is 9. The molecule has 0 N–H and O–H groups in total. The van der Waals surface area contributed by atoms with E-state index in [1.807, 2.05) is 0 Å². The first kappa shape index (κ1) is 37.4. The third-order valence-corrected chi connectivity index (χ3v) is 14.0. The SMILES string of the molecule is CC1C=Cc2c(oc3c2ccc2c3c3cc(N(c4ccc(-c5ccccc5)cc4)c4ccc5c(c4)C(c4ccccc4)(c4ccccc4)c4ccccc4-5)ccc3n2-c2ccccc2)C1. The van der Waals surface area contributed by atoms with Crippen LogP contribution in [-0.4, -0.2) is 4.57 Å². The fraction of sp³-hybridized carbons (Fsp3) is 0.0645. The predicted octanol–water partition coefficient (Wildman–Crippen LogP) is 16.2. The summed E-state index contributed by atoms with van der Waals surface area (Å²) in [6.07, 6.45) is 5.47. The molecule has 2 heterocycles. The number of allylic oxidation sites excluding steroid dienone is 1. The van der Waals surface area contributed by atoms with Gasteiger partial charge in [0.05, 0.1) is 21.8 Å². The number of fused-ring (bicyclic) bond motifs is 10. The second-order valence-corrected chi connectivity index (χ2v) is 17.7. The Morgan fingerprint density at radius 1 is 0.508 bits per heavy atom. The maximum absolute atomic E-state index is 6.97. The summed E-state index contributed by atoms with van der Waals surface area (Å²) in [5, 5.41) is 3.45. The van der Waals surface area contributed by atoms with Crippen molar-refractivity contribution in [3.63, 3.8) is 0 Å². The van der Waals surface area contributed by atoms with Crippen molar-refractivity contribution in [2.45, 2.75) is 18.8 Å². The Labute approximate surface area is 378 Å². The van der Waals surface area contributed by atoms with Crippen molar-refractivity contribution >= 4 is 55.9 Å². The topological polar surface area (TPSA) is 21.3 Å². The molecule has 308 valence electrons. The van der Waals surface area contributed by atoms with Gasteiger partial charge in [-0.3, -0.25) is 0 Å². The summed E-state index contributed by atoms with van der Waals surface area (Å²) in [6, 6.07) is 80.2. The van der Waals surface area contributed by atoms with E-state index in [9.17, 15) is 0 Å². The average Bonchev–Trinajstić information content (AvgIpc) is 4.01. The molecule has 0 radical (unpaired) electrons. The average molecular weight is 833 g/mol. The van der Waals surface area contributed by atoms with Crippen molar-refractivity contribution in [2.24, 2.45) is 5.92 Å². The molecule has 0 bridgehead atoms. The summed E-state index contributed by atoms with van der Waals surface area (Å²) in [5.74, 6) is 1.50. The van der Waals surface area contributed by atoms with Gasteiger partial charge >= 0.3 is 0 Å². The zero-order valence-corrected chi connectivity index (χ0v) is 36.0. The highest BCUT2D eigenvalue weighted by Gasteiger charge is 2.46. The smallest absolute Gasteiger partial charge is 0.144 e. The van der Waals surface area contributed by atoms with Crippen molar-refractivity contribution in [1.82, 2.24) is 4.57 Å². The van der Waals surface area contributed by atoms with E-state index in [0.29, 0.717) is 5.92 Å². The highest BCUT2D eigenvalue weighted by molar-refractivity contribution is 6.21. The zero-order chi connectivity index (χ0) is 43.1. The van der Waals surface area contributed by atoms with Gasteiger partial charge in [0, 0.05) is 45.5 Å². The highest BCUT2D eigenvalue weighted by Crippen LogP contribution is 2.57. The Kier molecular flexibility index (Phi) is 8.48. The summed E-state index contributed by atoms with van der Waals surface area (Å²) in [5.41, 5.74) is 18.2. The van der Waals surface area contributed by atoms with Crippen molar-refractivity contribution in [1.29, 1.82) is 0 Å². The van der Waals surface area contributed by atoms with E-state index < -0.39 is 5.41 Å². The van der Waals surface area contributed by atoms with Gasteiger partial charge in [-0.1, -0.05) is 171 Å². The van der Waals surface area contributed by atoms with E-state index in [0.717, 1.165) is 67.7 Å². The number of aromatic nitrogens is 1. The molecule has 11 aromatic rings. The minimum atomic E-state index is -0.531. The Bertz CT molecular complexity index is 3580. The van der Waals surface area contributed by atoms with Crippen LogP contribution in [0.15, 0.2) is 229 Å². The molecule has 9 aromatic carbocycles. The van der Waals surface area contributed by atoms with Crippen LogP contribution in [0.2, 0.25) is 0 Å². The van der Waals surface area contributed by atoms with Gasteiger partial charge in [-0.05, 0) is 117 Å². The van der Waals surface area contributed by atoms with E-state index in [1.165, 1.54) is 50.1 Å². The standard InChI is InChI=1S/C62H44N2O/c1-41-26-33-52-53-35-37-58-60(61(53)65-59(52)38-41)54-39-48(32-36-57(54)64(58)46-22-12-5-13-23-46)63(47-29-27-43(28-30-47)42-16-6-2-7-17-42)49-31-34-51-50-24-14-15-25-55(50)62(56(51)40-49,44-18-8-3-9-19-44)45-20-10-4-11-21-45/h2-37,39-41H,38H2,1H3. The lowest BCUT2D eigenvalue weighted by Gasteiger charge is -2.35. The lowest BCUT2D eigenvalue weighted by molar-refractivity contribution is 0.515. The maximum atomic E-state index is 6.97. The molecule has 13 rings (SSSR count). The van der Waals surface area contributed by atoms with Crippen LogP contribution in [0.3, 0.4) is 0 Å². The van der Waals surface area contributed by atoms with Crippen LogP contribution in [-0.2, 0) is 11.8 Å². The van der Waals surface area contributed by atoms with Gasteiger partial charge in [-0.25, -0.2) is 0 Å². The van der Waals surface area contributed by atoms with Crippen LogP contribution in [0.4, 0.5) is 17.1 Å². The van der Waals surface area contributed by atoms with E-state index in [-0.39, 0.29) is 0 Å². The molecule has 2 aliphatic carbocycles. The Morgan fingerprint density at radius 3 is 1.83 bits per heavy atom. The molecule has 0 amide bonds. The third-order valence-electron chi connectivity index (χ3n) is 14.0. The highest BCUT2D eigenvalue weighted by atomic mass is 16.3. The van der Waals surface area contributed by atoms with E-state index in [2.05, 4.69) is 247 Å². The molecule has 2 aliphatic rings. The Hall–Kier alpha value is -8.14. The van der Waals surface area contributed by atoms with Crippen LogP contribution >= 0.6 is 0 Å². The molecule has 3 nitrogen and oxygen atoms in total. The minimum Gasteiger partial charge on any atom is -0.460 e. The molecule has 0 saturated heterocycles. The monoisotopic (exact) mass is 832 g/mol. The molecule has 65 heavy (non-hydrogen) atoms. The lowest BCUT2D eigenvalue weighted by Crippen LogP contribution is -2.28. The number of para-hydroxylation sites is 1. The van der Waals surface area contributed by atoms with E-state index in [1.54, 1.807) is 0 Å². The number of anilines is 3. The molecule has 1 atom stereocenters. The number of hydrogen-bond donors (Lipinski definition) is 0. The fourth-order valence-corrected chi connectivity index (χ4v) is 11.1. The van der Waals surface area contributed by atoms with Crippen molar-refractivity contribution in [3.8, 4) is 27.9 Å². The third kappa shape index (κ3) is 5.68. The summed E-state index contributed by atoms with van der Waals surface area (Å²) in [7, 11) is 0. The summed E-state index contributed by atoms with van der Waals surface area (Å²) in [4.78, 5) is 2.45. The van der Waals surface area contributed by atoms with E-state index in [4.69, 9.17) is 4.42 Å². The molecule has 3 heteroatoms. The molecular weight excluding hydrogens is 789 g/mol. The largest absolute Gasteiger partial charge is 0.460 e. The van der Waals surface area contributed by atoms with Crippen LogP contribution < -0.4 is 4.90 Å². The minimum absolute atomic E-state index is 0.431. The van der Waals surface area contributed by atoms with Gasteiger partial charge < -0.3 is 13.9 Å². The van der Waals surface area contributed by atoms with Crippen LogP contribution in [0.5, 0.6) is 0 Å². The first-order chi connectivity index (χ1) is 32.1. The molecule has 1 unspecified atom stereocenters. The molecule has 0 saturated carbocycles. The van der Waals surface area contributed by atoms with Crippen molar-refractivity contribution in [2.75, 3.05) is 4.90 Å². The summed E-state index contributed by atoms with van der Waals surface area (Å²) >= 11 is 0. The summed E-state index contributed by atoms with van der Waals surface area (Å²) in [6.45, 7) is 2.26.